The Morgan fingerprint density at radius 3 is 0.696 bits per heavy atom. The second-order valence-corrected chi connectivity index (χ2v) is 4.10. The van der Waals surface area contributed by atoms with Crippen LogP contribution in [0.5, 0.6) is 0 Å². The minimum absolute atomic E-state index is 0. The second kappa shape index (κ2) is 21.0. The third-order valence-corrected chi connectivity index (χ3v) is 1.22. The van der Waals surface area contributed by atoms with Crippen molar-refractivity contribution >= 4 is 17.3 Å². The smallest absolute Gasteiger partial charge is 0.876 e. The van der Waals surface area contributed by atoms with Crippen LogP contribution < -0.4 is 15.3 Å². The summed E-state index contributed by atoms with van der Waals surface area (Å²) in [7, 11) is 0. The summed E-state index contributed by atoms with van der Waals surface area (Å²) in [5.74, 6) is -1.12. The molecular weight excluding hydrogens is 433 g/mol. The molecule has 0 bridgehead atoms. The Morgan fingerprint density at radius 2 is 0.696 bits per heavy atom. The summed E-state index contributed by atoms with van der Waals surface area (Å²) in [5.41, 5.74) is 0. The molecule has 0 saturated carbocycles. The van der Waals surface area contributed by atoms with Crippen molar-refractivity contribution in [2.45, 2.75) is 41.5 Å². The van der Waals surface area contributed by atoms with Crippen LogP contribution in [0.2, 0.25) is 0 Å². The first kappa shape index (κ1) is 33.5. The number of hydrogen-bond donors (Lipinski definition) is 0. The fraction of sp³-hybridized carbons (Fsp3) is 0.400. The van der Waals surface area contributed by atoms with E-state index in [1.165, 1.54) is 41.5 Å². The Labute approximate surface area is 170 Å². The molecule has 23 heavy (non-hydrogen) atoms. The molecule has 2 N–H and O–H groups in total. The van der Waals surface area contributed by atoms with E-state index in [0.717, 1.165) is 18.2 Å². The number of ketones is 3. The van der Waals surface area contributed by atoms with Gasteiger partial charge in [0.15, 0.2) is 17.3 Å². The summed E-state index contributed by atoms with van der Waals surface area (Å²) in [4.78, 5) is 29.9. The van der Waals surface area contributed by atoms with Gasteiger partial charge in [-0.25, -0.2) is 0 Å². The number of carbonyl (C=O) groups is 3. The van der Waals surface area contributed by atoms with Crippen molar-refractivity contribution in [1.82, 2.24) is 0 Å². The van der Waals surface area contributed by atoms with Gasteiger partial charge in [-0.2, -0.15) is 0 Å². The van der Waals surface area contributed by atoms with E-state index in [4.69, 9.17) is 0 Å². The Balaban J connectivity index is -0.0000000675. The quantitative estimate of drug-likeness (QED) is 0.380. The molecule has 0 saturated heterocycles. The summed E-state index contributed by atoms with van der Waals surface area (Å²) in [6.07, 6.45) is 3.17. The summed E-state index contributed by atoms with van der Waals surface area (Å²) in [6, 6.07) is 0. The van der Waals surface area contributed by atoms with E-state index >= 15 is 0 Å². The number of carbonyl (C=O) groups excluding carboxylic acids is 3. The Morgan fingerprint density at radius 1 is 0.565 bits per heavy atom. The van der Waals surface area contributed by atoms with Crippen molar-refractivity contribution in [3.63, 3.8) is 0 Å². The van der Waals surface area contributed by atoms with Crippen LogP contribution in [0.1, 0.15) is 41.5 Å². The van der Waals surface area contributed by atoms with E-state index in [-0.39, 0.29) is 81.4 Å². The largest absolute Gasteiger partial charge is 3.00 e. The normalized spacial score (nSPS) is 10.4. The second-order valence-electron chi connectivity index (χ2n) is 4.10. The van der Waals surface area contributed by atoms with Crippen LogP contribution in [0.3, 0.4) is 0 Å². The fourth-order valence-electron chi connectivity index (χ4n) is 0.859. The van der Waals surface area contributed by atoms with Gasteiger partial charge in [-0.1, -0.05) is 20.8 Å². The average molecular weight is 456 g/mol. The summed E-state index contributed by atoms with van der Waals surface area (Å²) in [5, 5.41) is 29.9. The first-order chi connectivity index (χ1) is 9.38. The third-order valence-electron chi connectivity index (χ3n) is 1.22. The van der Waals surface area contributed by atoms with Gasteiger partial charge in [0.1, 0.15) is 0 Å². The first-order valence-corrected chi connectivity index (χ1v) is 5.96. The molecule has 0 fully saturated rings. The summed E-state index contributed by atoms with van der Waals surface area (Å²) in [6.45, 7) is 8.09. The van der Waals surface area contributed by atoms with Crippen LogP contribution in [0.4, 0.5) is 0 Å². The SMILES string of the molecule is CC(=O)/C=C(/C)[O-].CC(=O)/C=C(/C)[O-].CC(=O)/C=C(/C)[O-].O.[Pr+3]. The van der Waals surface area contributed by atoms with E-state index in [2.05, 4.69) is 0 Å². The molecule has 0 rings (SSSR count). The van der Waals surface area contributed by atoms with Crippen LogP contribution in [0.15, 0.2) is 35.5 Å². The molecule has 128 valence electrons. The van der Waals surface area contributed by atoms with Gasteiger partial charge in [-0.05, 0) is 39.0 Å². The van der Waals surface area contributed by atoms with Crippen LogP contribution >= 0.6 is 0 Å². The number of allylic oxidation sites excluding steroid dienone is 6. The number of rotatable bonds is 3. The zero-order valence-electron chi connectivity index (χ0n) is 14.3. The summed E-state index contributed by atoms with van der Waals surface area (Å²) >= 11 is 0. The molecule has 0 aromatic heterocycles. The molecule has 0 heterocycles. The van der Waals surface area contributed by atoms with Crippen LogP contribution in [-0.4, -0.2) is 22.8 Å². The molecule has 0 aromatic carbocycles. The van der Waals surface area contributed by atoms with Gasteiger partial charge in [0.05, 0.1) is 0 Å². The van der Waals surface area contributed by atoms with Gasteiger partial charge in [0.25, 0.3) is 0 Å². The molecule has 0 amide bonds. The van der Waals surface area contributed by atoms with Crippen molar-refractivity contribution in [3.8, 4) is 0 Å². The van der Waals surface area contributed by atoms with Crippen LogP contribution in [0.25, 0.3) is 0 Å². The maximum Gasteiger partial charge on any atom is 3.00 e. The minimum atomic E-state index is -0.187. The Hall–Kier alpha value is -1.05. The zero-order valence-corrected chi connectivity index (χ0v) is 18.0. The molecule has 0 aliphatic rings. The number of hydrogen-bond acceptors (Lipinski definition) is 6. The minimum Gasteiger partial charge on any atom is -0.876 e. The topological polar surface area (TPSA) is 152 Å². The van der Waals surface area contributed by atoms with Crippen LogP contribution in [0, 0.1) is 41.3 Å². The molecule has 0 aliphatic carbocycles. The Kier molecular flexibility index (Phi) is 30.6. The van der Waals surface area contributed by atoms with Gasteiger partial charge in [0, 0.05) is 0 Å². The summed E-state index contributed by atoms with van der Waals surface area (Å²) < 4.78 is 0. The molecular formula is C15H23O7Pr. The van der Waals surface area contributed by atoms with Gasteiger partial charge in [-0.15, -0.1) is 17.3 Å². The first-order valence-electron chi connectivity index (χ1n) is 5.96. The maximum atomic E-state index is 9.98. The molecule has 0 atom stereocenters. The van der Waals surface area contributed by atoms with E-state index in [0.29, 0.717) is 0 Å². The van der Waals surface area contributed by atoms with Crippen molar-refractivity contribution in [2.24, 2.45) is 0 Å². The van der Waals surface area contributed by atoms with Crippen molar-refractivity contribution < 1.29 is 76.5 Å². The van der Waals surface area contributed by atoms with Crippen LogP contribution in [-0.2, 0) is 14.4 Å². The van der Waals surface area contributed by atoms with Gasteiger partial charge >= 0.3 is 41.3 Å². The van der Waals surface area contributed by atoms with Gasteiger partial charge in [0.2, 0.25) is 0 Å². The molecule has 8 heteroatoms. The van der Waals surface area contributed by atoms with E-state index in [9.17, 15) is 29.7 Å². The third kappa shape index (κ3) is 62.7. The van der Waals surface area contributed by atoms with E-state index < -0.39 is 0 Å². The van der Waals surface area contributed by atoms with Crippen molar-refractivity contribution in [2.75, 3.05) is 0 Å². The van der Waals surface area contributed by atoms with Crippen molar-refractivity contribution in [3.05, 3.63) is 35.5 Å². The predicted molar refractivity (Wildman–Crippen MR) is 76.9 cm³/mol. The molecule has 0 aliphatic heterocycles. The molecule has 7 nitrogen and oxygen atoms in total. The van der Waals surface area contributed by atoms with Crippen molar-refractivity contribution in [1.29, 1.82) is 0 Å². The zero-order chi connectivity index (χ0) is 17.6. The standard InChI is InChI=1S/3C5H8O2.H2O.Pr/c3*1-4(6)3-5(2)7;;/h3*3,6H,1-2H3;1H2;/q;;;;+3/p-3/b3*4-3-;;. The predicted octanol–water partition coefficient (Wildman–Crippen LogP) is -1.31. The molecule has 0 unspecified atom stereocenters. The fourth-order valence-corrected chi connectivity index (χ4v) is 0.859. The molecule has 0 radical (unpaired) electrons. The monoisotopic (exact) mass is 456 g/mol. The van der Waals surface area contributed by atoms with Gasteiger partial charge in [-0.3, -0.25) is 14.4 Å². The molecule has 0 spiro atoms. The van der Waals surface area contributed by atoms with E-state index in [1.807, 2.05) is 0 Å². The molecule has 0 aromatic rings. The van der Waals surface area contributed by atoms with E-state index in [1.54, 1.807) is 0 Å². The van der Waals surface area contributed by atoms with Gasteiger partial charge < -0.3 is 20.8 Å². The average Bonchev–Trinajstić information content (AvgIpc) is 2.10. The maximum absolute atomic E-state index is 9.98. The Bertz CT molecular complexity index is 370.